The number of hydrogen-bond acceptors (Lipinski definition) is 5. The highest BCUT2D eigenvalue weighted by atomic mass is 35.5. The second-order valence-corrected chi connectivity index (χ2v) is 5.46. The third-order valence-corrected chi connectivity index (χ3v) is 3.70. The molecule has 0 aliphatic carbocycles. The van der Waals surface area contributed by atoms with Crippen molar-refractivity contribution in [3.63, 3.8) is 0 Å². The fourth-order valence-electron chi connectivity index (χ4n) is 2.17. The Hall–Kier alpha value is -3.32. The van der Waals surface area contributed by atoms with E-state index in [1.54, 1.807) is 18.2 Å². The van der Waals surface area contributed by atoms with Crippen molar-refractivity contribution in [2.75, 3.05) is 0 Å². The number of hydrazone groups is 1. The van der Waals surface area contributed by atoms with Crippen LogP contribution in [-0.2, 0) is 0 Å². The summed E-state index contributed by atoms with van der Waals surface area (Å²) in [4.78, 5) is 26.6. The Morgan fingerprint density at radius 3 is 2.80 bits per heavy atom. The Morgan fingerprint density at radius 2 is 2.00 bits per heavy atom. The van der Waals surface area contributed by atoms with Crippen LogP contribution in [0.3, 0.4) is 0 Å². The molecule has 0 radical (unpaired) electrons. The molecule has 0 saturated carbocycles. The molecule has 0 aliphatic rings. The molecule has 3 rings (SSSR count). The Labute approximate surface area is 147 Å². The Bertz CT molecular complexity index is 1000. The second-order valence-electron chi connectivity index (χ2n) is 5.06. The lowest BCUT2D eigenvalue weighted by molar-refractivity contribution is -0.384. The Kier molecular flexibility index (Phi) is 4.67. The van der Waals surface area contributed by atoms with Crippen LogP contribution >= 0.6 is 11.6 Å². The maximum absolute atomic E-state index is 12.1. The van der Waals surface area contributed by atoms with E-state index >= 15 is 0 Å². The van der Waals surface area contributed by atoms with Crippen molar-refractivity contribution in [1.82, 2.24) is 10.4 Å². The molecule has 0 unspecified atom stereocenters. The highest BCUT2D eigenvalue weighted by molar-refractivity contribution is 6.32. The number of nitro benzene ring substituents is 1. The number of aromatic nitrogens is 1. The molecule has 7 nitrogen and oxygen atoms in total. The molecule has 0 atom stereocenters. The lowest BCUT2D eigenvalue weighted by Gasteiger charge is -2.02. The van der Waals surface area contributed by atoms with Crippen LogP contribution in [0.2, 0.25) is 5.02 Å². The summed E-state index contributed by atoms with van der Waals surface area (Å²) in [5.74, 6) is -0.481. The van der Waals surface area contributed by atoms with E-state index < -0.39 is 10.8 Å². The van der Waals surface area contributed by atoms with Crippen molar-refractivity contribution < 1.29 is 9.72 Å². The number of carbonyl (C=O) groups is 1. The predicted molar refractivity (Wildman–Crippen MR) is 94.9 cm³/mol. The molecule has 25 heavy (non-hydrogen) atoms. The zero-order valence-corrected chi connectivity index (χ0v) is 13.5. The number of carbonyl (C=O) groups excluding carboxylic acids is 1. The van der Waals surface area contributed by atoms with Crippen LogP contribution in [0.15, 0.2) is 59.7 Å². The van der Waals surface area contributed by atoms with Crippen LogP contribution in [0.1, 0.15) is 16.1 Å². The molecule has 8 heteroatoms. The van der Waals surface area contributed by atoms with Gasteiger partial charge in [-0.05, 0) is 18.2 Å². The van der Waals surface area contributed by atoms with Crippen molar-refractivity contribution >= 4 is 40.3 Å². The van der Waals surface area contributed by atoms with Gasteiger partial charge in [-0.2, -0.15) is 5.10 Å². The first-order chi connectivity index (χ1) is 12.0. The van der Waals surface area contributed by atoms with Gasteiger partial charge in [0.15, 0.2) is 0 Å². The summed E-state index contributed by atoms with van der Waals surface area (Å²) in [7, 11) is 0. The number of rotatable bonds is 4. The number of halogens is 1. The van der Waals surface area contributed by atoms with Gasteiger partial charge in [0.05, 0.1) is 16.7 Å². The van der Waals surface area contributed by atoms with Gasteiger partial charge in [0.2, 0.25) is 0 Å². The number of nitrogens with zero attached hydrogens (tertiary/aromatic N) is 3. The number of benzene rings is 2. The lowest BCUT2D eigenvalue weighted by atomic mass is 10.2. The van der Waals surface area contributed by atoms with E-state index in [1.165, 1.54) is 18.3 Å². The standard InChI is InChI=1S/C17H11ClN4O3/c18-13-7-5-11(9-16(13)22(24)25)10-19-21-17(23)15-8-6-12-3-1-2-4-14(12)20-15/h1-10H,(H,21,23)/b19-10+. The molecule has 1 amide bonds. The number of para-hydroxylation sites is 1. The molecule has 2 aromatic carbocycles. The Morgan fingerprint density at radius 1 is 1.20 bits per heavy atom. The van der Waals surface area contributed by atoms with Crippen LogP contribution in [0.5, 0.6) is 0 Å². The molecule has 124 valence electrons. The minimum Gasteiger partial charge on any atom is -0.266 e. The van der Waals surface area contributed by atoms with Crippen LogP contribution in [0.25, 0.3) is 10.9 Å². The molecular formula is C17H11ClN4O3. The van der Waals surface area contributed by atoms with Gasteiger partial charge >= 0.3 is 0 Å². The van der Waals surface area contributed by atoms with Gasteiger partial charge in [-0.25, -0.2) is 10.4 Å². The molecule has 0 aliphatic heterocycles. The van der Waals surface area contributed by atoms with Crippen molar-refractivity contribution in [1.29, 1.82) is 0 Å². The summed E-state index contributed by atoms with van der Waals surface area (Å²) in [6.45, 7) is 0. The van der Waals surface area contributed by atoms with Crippen molar-refractivity contribution in [3.8, 4) is 0 Å². The topological polar surface area (TPSA) is 97.5 Å². The largest absolute Gasteiger partial charge is 0.289 e. The third-order valence-electron chi connectivity index (χ3n) is 3.38. The average Bonchev–Trinajstić information content (AvgIpc) is 2.62. The number of amides is 1. The molecule has 1 N–H and O–H groups in total. The fraction of sp³-hybridized carbons (Fsp3) is 0. The molecule has 1 heterocycles. The van der Waals surface area contributed by atoms with E-state index in [4.69, 9.17) is 11.6 Å². The summed E-state index contributed by atoms with van der Waals surface area (Å²) < 4.78 is 0. The first kappa shape index (κ1) is 16.5. The summed E-state index contributed by atoms with van der Waals surface area (Å²) in [6.07, 6.45) is 1.29. The van der Waals surface area contributed by atoms with Crippen LogP contribution in [-0.4, -0.2) is 22.0 Å². The summed E-state index contributed by atoms with van der Waals surface area (Å²) in [5, 5.41) is 15.6. The molecule has 0 fully saturated rings. The quantitative estimate of drug-likeness (QED) is 0.440. The van der Waals surface area contributed by atoms with Gasteiger partial charge < -0.3 is 0 Å². The number of fused-ring (bicyclic) bond motifs is 1. The minimum absolute atomic E-state index is 0.0338. The first-order valence-corrected chi connectivity index (χ1v) is 7.55. The van der Waals surface area contributed by atoms with Crippen LogP contribution < -0.4 is 5.43 Å². The number of hydrogen-bond donors (Lipinski definition) is 1. The molecular weight excluding hydrogens is 344 g/mol. The van der Waals surface area contributed by atoms with Gasteiger partial charge in [-0.15, -0.1) is 0 Å². The smallest absolute Gasteiger partial charge is 0.266 e. The van der Waals surface area contributed by atoms with Crippen LogP contribution in [0.4, 0.5) is 5.69 Å². The van der Waals surface area contributed by atoms with Crippen molar-refractivity contribution in [2.24, 2.45) is 5.10 Å². The van der Waals surface area contributed by atoms with E-state index in [9.17, 15) is 14.9 Å². The van der Waals surface area contributed by atoms with E-state index in [1.807, 2.05) is 24.3 Å². The van der Waals surface area contributed by atoms with Gasteiger partial charge in [-0.1, -0.05) is 41.9 Å². The first-order valence-electron chi connectivity index (χ1n) is 7.18. The van der Waals surface area contributed by atoms with Gasteiger partial charge in [0.1, 0.15) is 10.7 Å². The SMILES string of the molecule is O=C(N/N=C/c1ccc(Cl)c([N+](=O)[O-])c1)c1ccc2ccccc2n1. The minimum atomic E-state index is -0.586. The maximum atomic E-state index is 12.1. The summed E-state index contributed by atoms with van der Waals surface area (Å²) in [6, 6.07) is 15.0. The van der Waals surface area contributed by atoms with Gasteiger partial charge in [0.25, 0.3) is 11.6 Å². The van der Waals surface area contributed by atoms with Crippen molar-refractivity contribution in [3.05, 3.63) is 81.0 Å². The number of nitrogens with one attached hydrogen (secondary N) is 1. The van der Waals surface area contributed by atoms with E-state index in [-0.39, 0.29) is 16.4 Å². The molecule has 1 aromatic heterocycles. The van der Waals surface area contributed by atoms with E-state index in [0.29, 0.717) is 11.1 Å². The second kappa shape index (κ2) is 7.06. The number of pyridine rings is 1. The molecule has 0 saturated heterocycles. The Balaban J connectivity index is 1.73. The maximum Gasteiger partial charge on any atom is 0.289 e. The molecule has 0 spiro atoms. The average molecular weight is 355 g/mol. The monoisotopic (exact) mass is 354 g/mol. The van der Waals surface area contributed by atoms with Gasteiger partial charge in [-0.3, -0.25) is 14.9 Å². The highest BCUT2D eigenvalue weighted by Gasteiger charge is 2.12. The van der Waals surface area contributed by atoms with E-state index in [0.717, 1.165) is 5.39 Å². The summed E-state index contributed by atoms with van der Waals surface area (Å²) >= 11 is 5.74. The predicted octanol–water partition coefficient (Wildman–Crippen LogP) is 3.56. The number of nitro groups is 1. The molecule has 0 bridgehead atoms. The van der Waals surface area contributed by atoms with Crippen molar-refractivity contribution in [2.45, 2.75) is 0 Å². The normalized spacial score (nSPS) is 10.9. The van der Waals surface area contributed by atoms with Gasteiger partial charge in [0, 0.05) is 17.0 Å². The highest BCUT2D eigenvalue weighted by Crippen LogP contribution is 2.24. The summed E-state index contributed by atoms with van der Waals surface area (Å²) in [5.41, 5.74) is 3.47. The fourth-order valence-corrected chi connectivity index (χ4v) is 2.35. The zero-order chi connectivity index (χ0) is 17.8. The van der Waals surface area contributed by atoms with Crippen LogP contribution in [0, 0.1) is 10.1 Å². The zero-order valence-electron chi connectivity index (χ0n) is 12.7. The lowest BCUT2D eigenvalue weighted by Crippen LogP contribution is -2.18. The molecule has 3 aromatic rings. The van der Waals surface area contributed by atoms with E-state index in [2.05, 4.69) is 15.5 Å². The third kappa shape index (κ3) is 3.78.